The molecule has 1 aliphatic heterocycles. The van der Waals surface area contributed by atoms with Crippen molar-refractivity contribution in [1.29, 1.82) is 0 Å². The van der Waals surface area contributed by atoms with E-state index in [2.05, 4.69) is 0 Å². The van der Waals surface area contributed by atoms with E-state index in [0.29, 0.717) is 11.3 Å². The van der Waals surface area contributed by atoms with E-state index in [4.69, 9.17) is 5.21 Å². The van der Waals surface area contributed by atoms with Gasteiger partial charge in [-0.2, -0.15) is 4.39 Å². The molecule has 1 N–H and O–H groups in total. The van der Waals surface area contributed by atoms with Crippen molar-refractivity contribution in [3.63, 3.8) is 0 Å². The van der Waals surface area contributed by atoms with E-state index in [9.17, 15) is 14.5 Å². The largest absolute Gasteiger partial charge is 0.304 e. The van der Waals surface area contributed by atoms with Gasteiger partial charge in [0.15, 0.2) is 0 Å². The molecular formula is C5H5FN2O3. The standard InChI is InChI=1S/C5H5FN2O3/c6-4-3-7(9)2-1-5(4)8(10)11/h1,3,9H,2H2. The van der Waals surface area contributed by atoms with E-state index in [1.807, 2.05) is 0 Å². The fourth-order valence-corrected chi connectivity index (χ4v) is 0.689. The summed E-state index contributed by atoms with van der Waals surface area (Å²) in [5.74, 6) is -1.04. The van der Waals surface area contributed by atoms with Gasteiger partial charge in [0, 0.05) is 6.08 Å². The Bertz CT molecular complexity index is 248. The second kappa shape index (κ2) is 2.67. The molecule has 0 unspecified atom stereocenters. The summed E-state index contributed by atoms with van der Waals surface area (Å²) in [5, 5.41) is 19.2. The van der Waals surface area contributed by atoms with Crippen LogP contribution in [0.15, 0.2) is 23.8 Å². The third kappa shape index (κ3) is 1.53. The molecule has 0 fully saturated rings. The Kier molecular flexibility index (Phi) is 1.86. The minimum atomic E-state index is -1.04. The van der Waals surface area contributed by atoms with Crippen molar-refractivity contribution in [3.05, 3.63) is 33.9 Å². The zero-order valence-corrected chi connectivity index (χ0v) is 5.40. The summed E-state index contributed by atoms with van der Waals surface area (Å²) >= 11 is 0. The van der Waals surface area contributed by atoms with Gasteiger partial charge in [-0.3, -0.25) is 20.4 Å². The van der Waals surface area contributed by atoms with Crippen molar-refractivity contribution in [1.82, 2.24) is 5.06 Å². The molecular weight excluding hydrogens is 155 g/mol. The van der Waals surface area contributed by atoms with Gasteiger partial charge in [0.05, 0.1) is 17.7 Å². The van der Waals surface area contributed by atoms with Crippen molar-refractivity contribution < 1.29 is 14.5 Å². The number of nitrogens with zero attached hydrogens (tertiary/aromatic N) is 2. The Morgan fingerprint density at radius 3 is 2.91 bits per heavy atom. The van der Waals surface area contributed by atoms with Crippen LogP contribution in [-0.4, -0.2) is 21.7 Å². The number of nitro groups is 1. The summed E-state index contributed by atoms with van der Waals surface area (Å²) < 4.78 is 12.5. The predicted molar refractivity (Wildman–Crippen MR) is 32.8 cm³/mol. The molecule has 0 aromatic carbocycles. The second-order valence-corrected chi connectivity index (χ2v) is 1.95. The van der Waals surface area contributed by atoms with Gasteiger partial charge in [0.1, 0.15) is 0 Å². The fraction of sp³-hybridized carbons (Fsp3) is 0.200. The summed E-state index contributed by atoms with van der Waals surface area (Å²) in [7, 11) is 0. The van der Waals surface area contributed by atoms with Crippen LogP contribution in [0.4, 0.5) is 4.39 Å². The van der Waals surface area contributed by atoms with Crippen LogP contribution in [0, 0.1) is 10.1 Å². The van der Waals surface area contributed by atoms with E-state index >= 15 is 0 Å². The third-order valence-electron chi connectivity index (χ3n) is 1.18. The highest BCUT2D eigenvalue weighted by molar-refractivity contribution is 5.21. The SMILES string of the molecule is O=[N+]([O-])C1=CCN(O)C=C1F. The van der Waals surface area contributed by atoms with E-state index in [1.165, 1.54) is 0 Å². The van der Waals surface area contributed by atoms with E-state index < -0.39 is 16.4 Å². The average molecular weight is 160 g/mol. The van der Waals surface area contributed by atoms with Gasteiger partial charge in [-0.15, -0.1) is 0 Å². The lowest BCUT2D eigenvalue weighted by Crippen LogP contribution is -2.18. The van der Waals surface area contributed by atoms with Gasteiger partial charge in [0.25, 0.3) is 0 Å². The highest BCUT2D eigenvalue weighted by Gasteiger charge is 2.21. The van der Waals surface area contributed by atoms with Gasteiger partial charge >= 0.3 is 5.70 Å². The molecule has 0 saturated heterocycles. The van der Waals surface area contributed by atoms with Crippen LogP contribution < -0.4 is 0 Å². The molecule has 6 heteroatoms. The van der Waals surface area contributed by atoms with Crippen molar-refractivity contribution in [2.24, 2.45) is 0 Å². The van der Waals surface area contributed by atoms with Crippen LogP contribution >= 0.6 is 0 Å². The summed E-state index contributed by atoms with van der Waals surface area (Å²) in [5.41, 5.74) is -0.602. The third-order valence-corrected chi connectivity index (χ3v) is 1.18. The van der Waals surface area contributed by atoms with Crippen LogP contribution in [0.2, 0.25) is 0 Å². The number of hydrogen-bond acceptors (Lipinski definition) is 4. The Hall–Kier alpha value is -1.43. The van der Waals surface area contributed by atoms with Gasteiger partial charge < -0.3 is 0 Å². The Morgan fingerprint density at radius 2 is 2.45 bits per heavy atom. The quantitative estimate of drug-likeness (QED) is 0.452. The Balaban J connectivity index is 2.86. The molecule has 0 saturated carbocycles. The molecule has 0 aromatic rings. The highest BCUT2D eigenvalue weighted by atomic mass is 19.1. The van der Waals surface area contributed by atoms with Crippen LogP contribution in [0.25, 0.3) is 0 Å². The van der Waals surface area contributed by atoms with Crippen molar-refractivity contribution in [2.75, 3.05) is 6.54 Å². The van der Waals surface area contributed by atoms with Crippen molar-refractivity contribution in [3.8, 4) is 0 Å². The molecule has 0 aromatic heterocycles. The highest BCUT2D eigenvalue weighted by Crippen LogP contribution is 2.16. The van der Waals surface area contributed by atoms with Crippen LogP contribution in [0.1, 0.15) is 0 Å². The lowest BCUT2D eigenvalue weighted by Gasteiger charge is -2.11. The Morgan fingerprint density at radius 1 is 1.82 bits per heavy atom. The maximum absolute atomic E-state index is 12.5. The van der Waals surface area contributed by atoms with Gasteiger partial charge in [-0.05, 0) is 0 Å². The molecule has 1 aliphatic rings. The summed E-state index contributed by atoms with van der Waals surface area (Å²) in [6.07, 6.45) is 1.66. The van der Waals surface area contributed by atoms with E-state index in [0.717, 1.165) is 6.08 Å². The topological polar surface area (TPSA) is 66.6 Å². The van der Waals surface area contributed by atoms with Crippen molar-refractivity contribution >= 4 is 0 Å². The smallest absolute Gasteiger partial charge is 0.289 e. The molecule has 0 aliphatic carbocycles. The molecule has 1 heterocycles. The van der Waals surface area contributed by atoms with Crippen LogP contribution in [-0.2, 0) is 0 Å². The molecule has 5 nitrogen and oxygen atoms in total. The van der Waals surface area contributed by atoms with Crippen LogP contribution in [0.5, 0.6) is 0 Å². The van der Waals surface area contributed by atoms with E-state index in [-0.39, 0.29) is 6.54 Å². The summed E-state index contributed by atoms with van der Waals surface area (Å²) in [6.45, 7) is -0.0657. The normalized spacial score (nSPS) is 17.5. The molecule has 11 heavy (non-hydrogen) atoms. The van der Waals surface area contributed by atoms with E-state index in [1.54, 1.807) is 0 Å². The maximum Gasteiger partial charge on any atom is 0.304 e. The molecule has 60 valence electrons. The van der Waals surface area contributed by atoms with Crippen LogP contribution in [0.3, 0.4) is 0 Å². The number of allylic oxidation sites excluding steroid dienone is 1. The predicted octanol–water partition coefficient (Wildman–Crippen LogP) is 0.663. The zero-order valence-electron chi connectivity index (χ0n) is 5.40. The molecule has 0 atom stereocenters. The molecule has 0 amide bonds. The maximum atomic E-state index is 12.5. The number of halogens is 1. The average Bonchev–Trinajstić information content (AvgIpc) is 1.85. The lowest BCUT2D eigenvalue weighted by molar-refractivity contribution is -0.423. The van der Waals surface area contributed by atoms with Gasteiger partial charge in [0.2, 0.25) is 5.83 Å². The minimum absolute atomic E-state index is 0.0657. The summed E-state index contributed by atoms with van der Waals surface area (Å²) in [6, 6.07) is 0. The monoisotopic (exact) mass is 160 g/mol. The van der Waals surface area contributed by atoms with Gasteiger partial charge in [-0.1, -0.05) is 0 Å². The first-order chi connectivity index (χ1) is 5.11. The first-order valence-electron chi connectivity index (χ1n) is 2.79. The molecule has 0 radical (unpaired) electrons. The number of rotatable bonds is 1. The number of hydroxylamine groups is 2. The first-order valence-corrected chi connectivity index (χ1v) is 2.79. The minimum Gasteiger partial charge on any atom is -0.289 e. The Labute approximate surface area is 61.1 Å². The molecule has 0 bridgehead atoms. The zero-order chi connectivity index (χ0) is 8.43. The fourth-order valence-electron chi connectivity index (χ4n) is 0.689. The van der Waals surface area contributed by atoms with Crippen molar-refractivity contribution in [2.45, 2.75) is 0 Å². The second-order valence-electron chi connectivity index (χ2n) is 1.95. The first kappa shape index (κ1) is 7.67. The van der Waals surface area contributed by atoms with Gasteiger partial charge in [-0.25, -0.2) is 0 Å². The summed E-state index contributed by atoms with van der Waals surface area (Å²) in [4.78, 5) is 9.19. The molecule has 1 rings (SSSR count). The number of hydrogen-bond donors (Lipinski definition) is 1. The molecule has 0 spiro atoms. The lowest BCUT2D eigenvalue weighted by atomic mass is 10.3.